The summed E-state index contributed by atoms with van der Waals surface area (Å²) in [5.41, 5.74) is 4.50. The van der Waals surface area contributed by atoms with Crippen molar-refractivity contribution in [2.24, 2.45) is 0 Å². The summed E-state index contributed by atoms with van der Waals surface area (Å²) < 4.78 is 10.5. The molecular formula is C22H24N2O2. The van der Waals surface area contributed by atoms with E-state index in [0.717, 1.165) is 36.0 Å². The number of hydrogen-bond donors (Lipinski definition) is 2. The van der Waals surface area contributed by atoms with Crippen molar-refractivity contribution in [3.05, 3.63) is 83.9 Å². The van der Waals surface area contributed by atoms with Gasteiger partial charge in [-0.25, -0.2) is 0 Å². The molecule has 0 spiro atoms. The van der Waals surface area contributed by atoms with E-state index in [9.17, 15) is 0 Å². The topological polar surface area (TPSA) is 42.5 Å². The Balaban J connectivity index is 1.58. The van der Waals surface area contributed by atoms with Gasteiger partial charge in [-0.1, -0.05) is 30.3 Å². The van der Waals surface area contributed by atoms with Gasteiger partial charge in [0.05, 0.1) is 14.2 Å². The monoisotopic (exact) mass is 348 g/mol. The summed E-state index contributed by atoms with van der Waals surface area (Å²) in [7, 11) is 3.37. The van der Waals surface area contributed by atoms with E-state index in [4.69, 9.17) is 9.47 Å². The largest absolute Gasteiger partial charge is 0.497 e. The molecule has 0 aliphatic rings. The highest BCUT2D eigenvalue weighted by Crippen LogP contribution is 2.19. The smallest absolute Gasteiger partial charge is 0.119 e. The second-order valence-electron chi connectivity index (χ2n) is 5.99. The van der Waals surface area contributed by atoms with Crippen molar-refractivity contribution in [3.63, 3.8) is 0 Å². The van der Waals surface area contributed by atoms with E-state index in [2.05, 4.69) is 41.0 Å². The summed E-state index contributed by atoms with van der Waals surface area (Å²) >= 11 is 0. The summed E-state index contributed by atoms with van der Waals surface area (Å²) in [6.45, 7) is 1.49. The number of anilines is 2. The number of benzene rings is 3. The molecule has 0 atom stereocenters. The molecule has 0 fully saturated rings. The molecule has 0 saturated heterocycles. The highest BCUT2D eigenvalue weighted by Gasteiger charge is 2.00. The minimum absolute atomic E-state index is 0.747. The van der Waals surface area contributed by atoms with Gasteiger partial charge in [0.1, 0.15) is 11.5 Å². The van der Waals surface area contributed by atoms with E-state index in [-0.39, 0.29) is 0 Å². The Bertz CT molecular complexity index is 782. The van der Waals surface area contributed by atoms with Crippen LogP contribution >= 0.6 is 0 Å². The van der Waals surface area contributed by atoms with Crippen LogP contribution in [0.25, 0.3) is 0 Å². The fourth-order valence-electron chi connectivity index (χ4n) is 2.71. The first kappa shape index (κ1) is 17.7. The van der Waals surface area contributed by atoms with Gasteiger partial charge in [-0.05, 0) is 53.6 Å². The van der Waals surface area contributed by atoms with Gasteiger partial charge in [0, 0.05) is 24.5 Å². The van der Waals surface area contributed by atoms with Gasteiger partial charge in [-0.2, -0.15) is 0 Å². The first-order chi connectivity index (χ1) is 12.8. The van der Waals surface area contributed by atoms with Crippen molar-refractivity contribution in [2.75, 3.05) is 24.9 Å². The zero-order chi connectivity index (χ0) is 18.2. The lowest BCUT2D eigenvalue weighted by molar-refractivity contribution is 0.414. The third kappa shape index (κ3) is 4.93. The fourth-order valence-corrected chi connectivity index (χ4v) is 2.71. The maximum atomic E-state index is 5.27. The van der Waals surface area contributed by atoms with Gasteiger partial charge in [0.2, 0.25) is 0 Å². The van der Waals surface area contributed by atoms with Gasteiger partial charge in [0.15, 0.2) is 0 Å². The molecule has 0 radical (unpaired) electrons. The number of ether oxygens (including phenoxy) is 2. The molecule has 3 aromatic rings. The number of rotatable bonds is 8. The van der Waals surface area contributed by atoms with Crippen molar-refractivity contribution in [1.82, 2.24) is 0 Å². The van der Waals surface area contributed by atoms with Crippen LogP contribution in [0.3, 0.4) is 0 Å². The van der Waals surface area contributed by atoms with Crippen LogP contribution in [0.2, 0.25) is 0 Å². The summed E-state index contributed by atoms with van der Waals surface area (Å²) in [4.78, 5) is 0. The summed E-state index contributed by atoms with van der Waals surface area (Å²) in [6, 6.07) is 24.4. The Morgan fingerprint density at radius 3 is 1.54 bits per heavy atom. The van der Waals surface area contributed by atoms with Crippen LogP contribution in [0.1, 0.15) is 11.1 Å². The molecule has 0 aliphatic carbocycles. The van der Waals surface area contributed by atoms with Crippen LogP contribution in [0.5, 0.6) is 11.5 Å². The van der Waals surface area contributed by atoms with Crippen LogP contribution in [0.4, 0.5) is 11.4 Å². The Hall–Kier alpha value is -3.14. The fraction of sp³-hybridized carbons (Fsp3) is 0.182. The normalized spacial score (nSPS) is 10.2. The SMILES string of the molecule is COc1cccc(CNc2cccc(NCc3cccc(OC)c3)c2)c1. The molecule has 0 bridgehead atoms. The van der Waals surface area contributed by atoms with E-state index in [1.165, 1.54) is 11.1 Å². The predicted octanol–water partition coefficient (Wildman–Crippen LogP) is 4.93. The minimum atomic E-state index is 0.747. The lowest BCUT2D eigenvalue weighted by Gasteiger charge is -2.11. The van der Waals surface area contributed by atoms with Crippen molar-refractivity contribution >= 4 is 11.4 Å². The molecule has 0 unspecified atom stereocenters. The van der Waals surface area contributed by atoms with Crippen LogP contribution in [0, 0.1) is 0 Å². The van der Waals surface area contributed by atoms with Gasteiger partial charge in [0.25, 0.3) is 0 Å². The molecule has 4 heteroatoms. The van der Waals surface area contributed by atoms with Crippen molar-refractivity contribution < 1.29 is 9.47 Å². The van der Waals surface area contributed by atoms with Crippen LogP contribution in [-0.2, 0) is 13.1 Å². The van der Waals surface area contributed by atoms with Crippen molar-refractivity contribution in [1.29, 1.82) is 0 Å². The minimum Gasteiger partial charge on any atom is -0.497 e. The molecule has 0 aliphatic heterocycles. The van der Waals surface area contributed by atoms with Gasteiger partial charge in [-0.3, -0.25) is 0 Å². The summed E-state index contributed by atoms with van der Waals surface area (Å²) in [5.74, 6) is 1.75. The van der Waals surface area contributed by atoms with E-state index in [1.54, 1.807) is 14.2 Å². The Morgan fingerprint density at radius 2 is 1.08 bits per heavy atom. The standard InChI is InChI=1S/C22H24N2O2/c1-25-21-10-3-6-17(12-21)15-23-19-8-5-9-20(14-19)24-16-18-7-4-11-22(13-18)26-2/h3-14,23-24H,15-16H2,1-2H3. The molecule has 0 amide bonds. The Morgan fingerprint density at radius 1 is 0.615 bits per heavy atom. The average Bonchev–Trinajstić information content (AvgIpc) is 2.71. The lowest BCUT2D eigenvalue weighted by atomic mass is 10.2. The molecule has 3 aromatic carbocycles. The predicted molar refractivity (Wildman–Crippen MR) is 107 cm³/mol. The summed E-state index contributed by atoms with van der Waals surface area (Å²) in [5, 5.41) is 6.91. The van der Waals surface area contributed by atoms with Crippen molar-refractivity contribution in [2.45, 2.75) is 13.1 Å². The van der Waals surface area contributed by atoms with E-state index in [1.807, 2.05) is 42.5 Å². The van der Waals surface area contributed by atoms with Gasteiger partial charge in [-0.15, -0.1) is 0 Å². The molecule has 0 saturated carbocycles. The molecule has 0 aromatic heterocycles. The first-order valence-corrected chi connectivity index (χ1v) is 8.60. The molecule has 26 heavy (non-hydrogen) atoms. The van der Waals surface area contributed by atoms with Crippen LogP contribution < -0.4 is 20.1 Å². The molecule has 3 rings (SSSR count). The maximum Gasteiger partial charge on any atom is 0.119 e. The van der Waals surface area contributed by atoms with E-state index in [0.29, 0.717) is 0 Å². The third-order valence-corrected chi connectivity index (χ3v) is 4.12. The molecule has 0 heterocycles. The molecule has 2 N–H and O–H groups in total. The van der Waals surface area contributed by atoms with Crippen molar-refractivity contribution in [3.8, 4) is 11.5 Å². The second kappa shape index (κ2) is 8.81. The zero-order valence-corrected chi connectivity index (χ0v) is 15.2. The highest BCUT2D eigenvalue weighted by atomic mass is 16.5. The van der Waals surface area contributed by atoms with Gasteiger partial charge >= 0.3 is 0 Å². The average molecular weight is 348 g/mol. The zero-order valence-electron chi connectivity index (χ0n) is 15.2. The molecular weight excluding hydrogens is 324 g/mol. The first-order valence-electron chi connectivity index (χ1n) is 8.60. The molecule has 4 nitrogen and oxygen atoms in total. The second-order valence-corrected chi connectivity index (χ2v) is 5.99. The third-order valence-electron chi connectivity index (χ3n) is 4.12. The molecule has 134 valence electrons. The van der Waals surface area contributed by atoms with E-state index < -0.39 is 0 Å². The number of methoxy groups -OCH3 is 2. The maximum absolute atomic E-state index is 5.27. The van der Waals surface area contributed by atoms with Gasteiger partial charge < -0.3 is 20.1 Å². The van der Waals surface area contributed by atoms with Crippen LogP contribution in [-0.4, -0.2) is 14.2 Å². The Kier molecular flexibility index (Phi) is 5.99. The Labute approximate surface area is 154 Å². The quantitative estimate of drug-likeness (QED) is 0.606. The highest BCUT2D eigenvalue weighted by molar-refractivity contribution is 5.57. The van der Waals surface area contributed by atoms with E-state index >= 15 is 0 Å². The van der Waals surface area contributed by atoms with Crippen LogP contribution in [0.15, 0.2) is 72.8 Å². The lowest BCUT2D eigenvalue weighted by Crippen LogP contribution is -2.02. The summed E-state index contributed by atoms with van der Waals surface area (Å²) in [6.07, 6.45) is 0. The number of hydrogen-bond acceptors (Lipinski definition) is 4. The number of nitrogens with one attached hydrogen (secondary N) is 2.